The quantitative estimate of drug-likeness (QED) is 0.535. The van der Waals surface area contributed by atoms with E-state index in [1.165, 1.54) is 25.1 Å². The van der Waals surface area contributed by atoms with Crippen molar-refractivity contribution in [1.29, 1.82) is 0 Å². The first-order valence-corrected chi connectivity index (χ1v) is 10.9. The molecule has 0 fully saturated rings. The number of H-pyrrole nitrogens is 1. The first-order valence-electron chi connectivity index (χ1n) is 9.37. The average Bonchev–Trinajstić information content (AvgIpc) is 2.73. The molecule has 0 spiro atoms. The molecule has 0 aliphatic rings. The third kappa shape index (κ3) is 5.19. The maximum absolute atomic E-state index is 12.5. The smallest absolute Gasteiger partial charge is 0.251 e. The summed E-state index contributed by atoms with van der Waals surface area (Å²) in [5, 5.41) is 2.68. The zero-order valence-electron chi connectivity index (χ0n) is 16.5. The Morgan fingerprint density at radius 1 is 1.10 bits per heavy atom. The van der Waals surface area contributed by atoms with Gasteiger partial charge in [-0.15, -0.1) is 0 Å². The largest absolute Gasteiger partial charge is 0.325 e. The van der Waals surface area contributed by atoms with Gasteiger partial charge in [0.2, 0.25) is 15.9 Å². The van der Waals surface area contributed by atoms with E-state index in [1.807, 2.05) is 6.92 Å². The van der Waals surface area contributed by atoms with E-state index in [4.69, 9.17) is 0 Å². The van der Waals surface area contributed by atoms with Crippen LogP contribution in [0.5, 0.6) is 0 Å². The Morgan fingerprint density at radius 2 is 1.83 bits per heavy atom. The van der Waals surface area contributed by atoms with E-state index in [0.717, 1.165) is 0 Å². The summed E-state index contributed by atoms with van der Waals surface area (Å²) in [6.45, 7) is 3.36. The number of nitrogens with zero attached hydrogens (tertiary/aromatic N) is 1. The molecule has 0 radical (unpaired) electrons. The lowest BCUT2D eigenvalue weighted by molar-refractivity contribution is -0.117. The molecule has 0 bridgehead atoms. The Balaban J connectivity index is 1.75. The normalized spacial score (nSPS) is 12.3. The molecule has 9 heteroatoms. The Hall–Kier alpha value is -3.30. The number of carbonyl (C=O) groups excluding carboxylic acids is 1. The minimum atomic E-state index is -3.82. The van der Waals surface area contributed by atoms with Gasteiger partial charge in [0.05, 0.1) is 10.9 Å². The Morgan fingerprint density at radius 3 is 2.53 bits per heavy atom. The molecule has 156 valence electrons. The third-order valence-corrected chi connectivity index (χ3v) is 5.90. The highest BCUT2D eigenvalue weighted by atomic mass is 32.2. The highest BCUT2D eigenvalue weighted by Gasteiger charge is 2.22. The van der Waals surface area contributed by atoms with Gasteiger partial charge >= 0.3 is 0 Å². The number of hydrogen-bond donors (Lipinski definition) is 3. The molecule has 0 unspecified atom stereocenters. The number of hydrogen-bond acceptors (Lipinski definition) is 5. The fraction of sp³-hybridized carbons (Fsp3) is 0.190. The molecular formula is C21H22N4O4S. The number of sulfonamides is 1. The standard InChI is InChI=1S/C21H22N4O4S/c1-3-16-13-19(26)24-20(22-16)15-8-7-9-17(12-15)23-21(27)14(2)25-30(28,29)18-10-5-4-6-11-18/h4-14,25H,3H2,1-2H3,(H,23,27)(H,22,24,26)/t14-/m0/s1. The van der Waals surface area contributed by atoms with Gasteiger partial charge in [-0.3, -0.25) is 9.59 Å². The van der Waals surface area contributed by atoms with Gasteiger partial charge in [0, 0.05) is 23.0 Å². The summed E-state index contributed by atoms with van der Waals surface area (Å²) >= 11 is 0. The molecule has 0 aliphatic heterocycles. The second kappa shape index (κ2) is 9.02. The van der Waals surface area contributed by atoms with Crippen molar-refractivity contribution in [1.82, 2.24) is 14.7 Å². The number of aromatic nitrogens is 2. The van der Waals surface area contributed by atoms with Gasteiger partial charge in [0.15, 0.2) is 0 Å². The van der Waals surface area contributed by atoms with E-state index >= 15 is 0 Å². The molecule has 1 heterocycles. The molecule has 3 aromatic rings. The fourth-order valence-corrected chi connectivity index (χ4v) is 4.00. The van der Waals surface area contributed by atoms with E-state index in [-0.39, 0.29) is 10.5 Å². The molecule has 30 heavy (non-hydrogen) atoms. The van der Waals surface area contributed by atoms with Crippen LogP contribution in [-0.2, 0) is 21.2 Å². The lowest BCUT2D eigenvalue weighted by Crippen LogP contribution is -2.41. The minimum Gasteiger partial charge on any atom is -0.325 e. The lowest BCUT2D eigenvalue weighted by Gasteiger charge is -2.15. The zero-order chi connectivity index (χ0) is 21.7. The van der Waals surface area contributed by atoms with E-state index in [0.29, 0.717) is 29.2 Å². The fourth-order valence-electron chi connectivity index (χ4n) is 2.77. The van der Waals surface area contributed by atoms with Crippen LogP contribution in [0.25, 0.3) is 11.4 Å². The van der Waals surface area contributed by atoms with Crippen molar-refractivity contribution in [2.24, 2.45) is 0 Å². The molecule has 8 nitrogen and oxygen atoms in total. The van der Waals surface area contributed by atoms with Crippen molar-refractivity contribution in [2.75, 3.05) is 5.32 Å². The molecular weight excluding hydrogens is 404 g/mol. The van der Waals surface area contributed by atoms with Crippen molar-refractivity contribution in [3.05, 3.63) is 76.7 Å². The summed E-state index contributed by atoms with van der Waals surface area (Å²) in [6.07, 6.45) is 0.617. The maximum Gasteiger partial charge on any atom is 0.251 e. The summed E-state index contributed by atoms with van der Waals surface area (Å²) < 4.78 is 27.2. The maximum atomic E-state index is 12.5. The molecule has 1 atom stereocenters. The Bertz CT molecular complexity index is 1210. The molecule has 3 rings (SSSR count). The molecule has 1 amide bonds. The van der Waals surface area contributed by atoms with Crippen molar-refractivity contribution in [3.63, 3.8) is 0 Å². The summed E-state index contributed by atoms with van der Waals surface area (Å²) in [4.78, 5) is 31.5. The van der Waals surface area contributed by atoms with Crippen LogP contribution in [0.4, 0.5) is 5.69 Å². The van der Waals surface area contributed by atoms with Gasteiger partial charge in [0.1, 0.15) is 5.82 Å². The lowest BCUT2D eigenvalue weighted by atomic mass is 10.1. The van der Waals surface area contributed by atoms with E-state index in [2.05, 4.69) is 20.0 Å². The number of aromatic amines is 1. The topological polar surface area (TPSA) is 121 Å². The van der Waals surface area contributed by atoms with Crippen molar-refractivity contribution in [3.8, 4) is 11.4 Å². The highest BCUT2D eigenvalue weighted by molar-refractivity contribution is 7.89. The number of carbonyl (C=O) groups is 1. The van der Waals surface area contributed by atoms with Gasteiger partial charge in [-0.25, -0.2) is 13.4 Å². The van der Waals surface area contributed by atoms with Crippen LogP contribution < -0.4 is 15.6 Å². The molecule has 0 saturated carbocycles. The molecule has 1 aromatic heterocycles. The number of anilines is 1. The third-order valence-electron chi connectivity index (χ3n) is 4.34. The second-order valence-electron chi connectivity index (χ2n) is 6.66. The number of benzene rings is 2. The van der Waals surface area contributed by atoms with Crippen LogP contribution in [-0.4, -0.2) is 30.3 Å². The Labute approximate surface area is 174 Å². The SMILES string of the molecule is CCc1cc(=O)[nH]c(-c2cccc(NC(=O)[C@H](C)NS(=O)(=O)c3ccccc3)c2)n1. The Kier molecular flexibility index (Phi) is 6.43. The van der Waals surface area contributed by atoms with Gasteiger partial charge < -0.3 is 10.3 Å². The number of aryl methyl sites for hydroxylation is 1. The summed E-state index contributed by atoms with van der Waals surface area (Å²) in [5.41, 5.74) is 1.48. The van der Waals surface area contributed by atoms with Crippen LogP contribution in [0.2, 0.25) is 0 Å². The van der Waals surface area contributed by atoms with Gasteiger partial charge in [0.25, 0.3) is 5.56 Å². The molecule has 2 aromatic carbocycles. The summed E-state index contributed by atoms with van der Waals surface area (Å²) in [6, 6.07) is 15.1. The summed E-state index contributed by atoms with van der Waals surface area (Å²) in [7, 11) is -3.82. The number of nitrogens with one attached hydrogen (secondary N) is 3. The van der Waals surface area contributed by atoms with Crippen LogP contribution in [0.1, 0.15) is 19.5 Å². The van der Waals surface area contributed by atoms with Crippen LogP contribution in [0.15, 0.2) is 70.4 Å². The van der Waals surface area contributed by atoms with Gasteiger partial charge in [-0.05, 0) is 37.6 Å². The average molecular weight is 426 g/mol. The first kappa shape index (κ1) is 21.4. The monoisotopic (exact) mass is 426 g/mol. The predicted molar refractivity (Wildman–Crippen MR) is 115 cm³/mol. The highest BCUT2D eigenvalue weighted by Crippen LogP contribution is 2.19. The van der Waals surface area contributed by atoms with Crippen LogP contribution in [0, 0.1) is 0 Å². The van der Waals surface area contributed by atoms with Crippen molar-refractivity contribution >= 4 is 21.6 Å². The van der Waals surface area contributed by atoms with E-state index < -0.39 is 22.0 Å². The van der Waals surface area contributed by atoms with Crippen molar-refractivity contribution < 1.29 is 13.2 Å². The predicted octanol–water partition coefficient (Wildman–Crippen LogP) is 2.30. The summed E-state index contributed by atoms with van der Waals surface area (Å²) in [5.74, 6) is -0.122. The minimum absolute atomic E-state index is 0.0810. The van der Waals surface area contributed by atoms with Crippen LogP contribution in [0.3, 0.4) is 0 Å². The number of rotatable bonds is 7. The van der Waals surface area contributed by atoms with E-state index in [1.54, 1.807) is 42.5 Å². The first-order chi connectivity index (χ1) is 14.3. The van der Waals surface area contributed by atoms with Crippen LogP contribution >= 0.6 is 0 Å². The van der Waals surface area contributed by atoms with Crippen molar-refractivity contribution in [2.45, 2.75) is 31.2 Å². The molecule has 0 aliphatic carbocycles. The van der Waals surface area contributed by atoms with Gasteiger partial charge in [-0.1, -0.05) is 37.3 Å². The molecule has 0 saturated heterocycles. The number of amides is 1. The molecule has 3 N–H and O–H groups in total. The van der Waals surface area contributed by atoms with Gasteiger partial charge in [-0.2, -0.15) is 4.72 Å². The zero-order valence-corrected chi connectivity index (χ0v) is 17.4. The second-order valence-corrected chi connectivity index (χ2v) is 8.38. The van der Waals surface area contributed by atoms with E-state index in [9.17, 15) is 18.0 Å².